The van der Waals surface area contributed by atoms with Crippen molar-refractivity contribution in [1.29, 1.82) is 0 Å². The Labute approximate surface area is 97.4 Å². The van der Waals surface area contributed by atoms with Crippen LogP contribution in [0, 0.1) is 12.7 Å². The highest BCUT2D eigenvalue weighted by Crippen LogP contribution is 2.30. The molecule has 0 unspecified atom stereocenters. The van der Waals surface area contributed by atoms with E-state index in [0.29, 0.717) is 11.4 Å². The first-order valence-corrected chi connectivity index (χ1v) is 5.44. The molecule has 0 amide bonds. The van der Waals surface area contributed by atoms with Gasteiger partial charge < -0.3 is 10.6 Å². The molecule has 1 aromatic rings. The molecule has 2 rings (SSSR count). The molecular formula is C11H14F3N3. The Balaban J connectivity index is 2.19. The lowest BCUT2D eigenvalue weighted by Gasteiger charge is -2.32. The van der Waals surface area contributed by atoms with Crippen molar-refractivity contribution in [2.45, 2.75) is 25.7 Å². The third-order valence-electron chi connectivity index (χ3n) is 2.97. The number of nitrogens with two attached hydrogens (primary N) is 1. The van der Waals surface area contributed by atoms with Gasteiger partial charge in [0, 0.05) is 25.9 Å². The van der Waals surface area contributed by atoms with Crippen LogP contribution in [-0.4, -0.2) is 24.0 Å². The molecule has 6 heteroatoms. The zero-order valence-corrected chi connectivity index (χ0v) is 9.51. The smallest absolute Gasteiger partial charge is 0.251 e. The molecule has 1 fully saturated rings. The van der Waals surface area contributed by atoms with E-state index in [2.05, 4.69) is 4.98 Å². The van der Waals surface area contributed by atoms with Crippen LogP contribution in [0.2, 0.25) is 0 Å². The fourth-order valence-corrected chi connectivity index (χ4v) is 1.89. The summed E-state index contributed by atoms with van der Waals surface area (Å²) < 4.78 is 39.2. The second-order valence-corrected chi connectivity index (χ2v) is 4.34. The van der Waals surface area contributed by atoms with E-state index >= 15 is 0 Å². The predicted octanol–water partition coefficient (Wildman–Crippen LogP) is 2.35. The first-order valence-electron chi connectivity index (χ1n) is 5.44. The summed E-state index contributed by atoms with van der Waals surface area (Å²) in [7, 11) is 0. The average Bonchev–Trinajstić information content (AvgIpc) is 2.25. The van der Waals surface area contributed by atoms with Crippen molar-refractivity contribution in [3.63, 3.8) is 0 Å². The predicted molar refractivity (Wildman–Crippen MR) is 59.7 cm³/mol. The first kappa shape index (κ1) is 12.0. The first-order chi connectivity index (χ1) is 7.89. The second kappa shape index (κ2) is 4.09. The zero-order chi connectivity index (χ0) is 12.6. The standard InChI is InChI=1S/C11H14F3N3/c1-7-6-8(16-10(15)9(7)12)17-4-2-11(13,14)3-5-17/h6H,2-5H2,1H3,(H2,15,16). The average molecular weight is 245 g/mol. The number of hydrogen-bond acceptors (Lipinski definition) is 3. The minimum Gasteiger partial charge on any atom is -0.381 e. The summed E-state index contributed by atoms with van der Waals surface area (Å²) in [5, 5.41) is 0. The van der Waals surface area contributed by atoms with Crippen LogP contribution in [-0.2, 0) is 0 Å². The van der Waals surface area contributed by atoms with E-state index in [1.165, 1.54) is 6.07 Å². The van der Waals surface area contributed by atoms with E-state index in [9.17, 15) is 13.2 Å². The van der Waals surface area contributed by atoms with Crippen LogP contribution in [0.25, 0.3) is 0 Å². The Kier molecular flexibility index (Phi) is 2.89. The molecule has 0 aromatic carbocycles. The fraction of sp³-hybridized carbons (Fsp3) is 0.545. The third-order valence-corrected chi connectivity index (χ3v) is 2.97. The van der Waals surface area contributed by atoms with Crippen LogP contribution in [0.3, 0.4) is 0 Å². The summed E-state index contributed by atoms with van der Waals surface area (Å²) in [5.74, 6) is -2.86. The van der Waals surface area contributed by atoms with Crippen molar-refractivity contribution in [2.75, 3.05) is 23.7 Å². The van der Waals surface area contributed by atoms with Gasteiger partial charge in [0.25, 0.3) is 5.92 Å². The maximum atomic E-state index is 13.3. The highest BCUT2D eigenvalue weighted by molar-refractivity contribution is 5.49. The molecule has 1 aliphatic rings. The van der Waals surface area contributed by atoms with Gasteiger partial charge in [0.05, 0.1) is 0 Å². The van der Waals surface area contributed by atoms with Gasteiger partial charge >= 0.3 is 0 Å². The summed E-state index contributed by atoms with van der Waals surface area (Å²) in [6.07, 6.45) is -0.407. The summed E-state index contributed by atoms with van der Waals surface area (Å²) >= 11 is 0. The quantitative estimate of drug-likeness (QED) is 0.825. The molecule has 17 heavy (non-hydrogen) atoms. The van der Waals surface area contributed by atoms with Crippen LogP contribution >= 0.6 is 0 Å². The molecule has 1 aromatic heterocycles. The number of nitrogen functional groups attached to an aromatic ring is 1. The topological polar surface area (TPSA) is 42.2 Å². The van der Waals surface area contributed by atoms with E-state index in [4.69, 9.17) is 5.73 Å². The lowest BCUT2D eigenvalue weighted by atomic mass is 10.1. The van der Waals surface area contributed by atoms with Crippen LogP contribution < -0.4 is 10.6 Å². The maximum absolute atomic E-state index is 13.3. The van der Waals surface area contributed by atoms with Crippen LogP contribution in [0.1, 0.15) is 18.4 Å². The lowest BCUT2D eigenvalue weighted by Crippen LogP contribution is -2.39. The van der Waals surface area contributed by atoms with E-state index in [1.807, 2.05) is 0 Å². The van der Waals surface area contributed by atoms with Crippen LogP contribution in [0.5, 0.6) is 0 Å². The zero-order valence-electron chi connectivity index (χ0n) is 9.51. The van der Waals surface area contributed by atoms with E-state index in [-0.39, 0.29) is 31.7 Å². The number of halogens is 3. The minimum atomic E-state index is -2.60. The third kappa shape index (κ3) is 2.45. The number of anilines is 2. The minimum absolute atomic E-state index is 0.183. The Morgan fingerprint density at radius 3 is 2.47 bits per heavy atom. The molecule has 94 valence electrons. The highest BCUT2D eigenvalue weighted by atomic mass is 19.3. The van der Waals surface area contributed by atoms with Gasteiger partial charge in [-0.05, 0) is 18.6 Å². The normalized spacial score (nSPS) is 19.4. The Morgan fingerprint density at radius 2 is 1.94 bits per heavy atom. The van der Waals surface area contributed by atoms with Gasteiger partial charge in [0.15, 0.2) is 11.6 Å². The van der Waals surface area contributed by atoms with Gasteiger partial charge in [-0.15, -0.1) is 0 Å². The van der Waals surface area contributed by atoms with E-state index in [0.717, 1.165) is 0 Å². The number of piperidine rings is 1. The van der Waals surface area contributed by atoms with Gasteiger partial charge in [-0.1, -0.05) is 0 Å². The molecule has 2 N–H and O–H groups in total. The van der Waals surface area contributed by atoms with Crippen molar-refractivity contribution in [3.05, 3.63) is 17.4 Å². The van der Waals surface area contributed by atoms with Gasteiger partial charge in [-0.25, -0.2) is 18.2 Å². The molecule has 0 saturated carbocycles. The number of aromatic nitrogens is 1. The molecule has 0 atom stereocenters. The van der Waals surface area contributed by atoms with Gasteiger partial charge in [-0.3, -0.25) is 0 Å². The van der Waals surface area contributed by atoms with Gasteiger partial charge in [0.1, 0.15) is 5.82 Å². The molecule has 1 aliphatic heterocycles. The monoisotopic (exact) mass is 245 g/mol. The second-order valence-electron chi connectivity index (χ2n) is 4.34. The number of aryl methyl sites for hydroxylation is 1. The Bertz CT molecular complexity index is 401. The van der Waals surface area contributed by atoms with Crippen LogP contribution in [0.4, 0.5) is 24.8 Å². The maximum Gasteiger partial charge on any atom is 0.251 e. The molecule has 0 aliphatic carbocycles. The molecule has 2 heterocycles. The highest BCUT2D eigenvalue weighted by Gasteiger charge is 2.34. The molecule has 0 bridgehead atoms. The van der Waals surface area contributed by atoms with Crippen molar-refractivity contribution >= 4 is 11.6 Å². The molecular weight excluding hydrogens is 231 g/mol. The number of hydrogen-bond donors (Lipinski definition) is 1. The number of alkyl halides is 2. The summed E-state index contributed by atoms with van der Waals surface area (Å²) in [4.78, 5) is 5.60. The summed E-state index contributed by atoms with van der Waals surface area (Å²) in [6, 6.07) is 1.54. The van der Waals surface area contributed by atoms with Gasteiger partial charge in [0.2, 0.25) is 0 Å². The number of nitrogens with zero attached hydrogens (tertiary/aromatic N) is 2. The Hall–Kier alpha value is -1.46. The number of pyridine rings is 1. The number of rotatable bonds is 1. The molecule has 3 nitrogen and oxygen atoms in total. The van der Waals surface area contributed by atoms with Crippen molar-refractivity contribution < 1.29 is 13.2 Å². The largest absolute Gasteiger partial charge is 0.381 e. The fourth-order valence-electron chi connectivity index (χ4n) is 1.89. The Morgan fingerprint density at radius 1 is 1.35 bits per heavy atom. The molecule has 0 spiro atoms. The van der Waals surface area contributed by atoms with E-state index in [1.54, 1.807) is 11.8 Å². The summed E-state index contributed by atoms with van der Waals surface area (Å²) in [5.41, 5.74) is 5.80. The van der Waals surface area contributed by atoms with E-state index < -0.39 is 11.7 Å². The lowest BCUT2D eigenvalue weighted by molar-refractivity contribution is -0.0221. The van der Waals surface area contributed by atoms with Crippen molar-refractivity contribution in [1.82, 2.24) is 4.98 Å². The van der Waals surface area contributed by atoms with Crippen molar-refractivity contribution in [3.8, 4) is 0 Å². The van der Waals surface area contributed by atoms with Gasteiger partial charge in [-0.2, -0.15) is 0 Å². The SMILES string of the molecule is Cc1cc(N2CCC(F)(F)CC2)nc(N)c1F. The van der Waals surface area contributed by atoms with Crippen LogP contribution in [0.15, 0.2) is 6.07 Å². The summed E-state index contributed by atoms with van der Waals surface area (Å²) in [6.45, 7) is 2.00. The molecule has 1 saturated heterocycles. The van der Waals surface area contributed by atoms with Crippen molar-refractivity contribution in [2.24, 2.45) is 0 Å². The molecule has 0 radical (unpaired) electrons.